The highest BCUT2D eigenvalue weighted by Gasteiger charge is 2.40. The van der Waals surface area contributed by atoms with Crippen molar-refractivity contribution in [1.29, 1.82) is 0 Å². The molecule has 2 saturated carbocycles. The third kappa shape index (κ3) is 3.22. The van der Waals surface area contributed by atoms with Crippen molar-refractivity contribution in [2.45, 2.75) is 70.9 Å². The van der Waals surface area contributed by atoms with E-state index in [9.17, 15) is 0 Å². The summed E-state index contributed by atoms with van der Waals surface area (Å²) in [6.45, 7) is 5.37. The Morgan fingerprint density at radius 3 is 2.85 bits per heavy atom. The van der Waals surface area contributed by atoms with Gasteiger partial charge in [-0.25, -0.2) is 9.67 Å². The molecule has 0 bridgehead atoms. The predicted molar refractivity (Wildman–Crippen MR) is 80.2 cm³/mol. The lowest BCUT2D eigenvalue weighted by atomic mass is 9.72. The van der Waals surface area contributed by atoms with Gasteiger partial charge >= 0.3 is 0 Å². The molecular formula is C16H28N4. The summed E-state index contributed by atoms with van der Waals surface area (Å²) in [6, 6.07) is 0. The molecule has 3 rings (SSSR count). The van der Waals surface area contributed by atoms with Gasteiger partial charge in [0.25, 0.3) is 0 Å². The zero-order valence-electron chi connectivity index (χ0n) is 12.9. The van der Waals surface area contributed by atoms with Gasteiger partial charge in [0.15, 0.2) is 0 Å². The Hall–Kier alpha value is -0.900. The highest BCUT2D eigenvalue weighted by atomic mass is 15.3. The first-order chi connectivity index (χ1) is 9.56. The molecule has 1 heterocycles. The van der Waals surface area contributed by atoms with Crippen LogP contribution in [-0.4, -0.2) is 20.3 Å². The van der Waals surface area contributed by atoms with Gasteiger partial charge in [0.1, 0.15) is 12.2 Å². The largest absolute Gasteiger partial charge is 0.325 e. The number of nitrogens with two attached hydrogens (primary N) is 1. The lowest BCUT2D eigenvalue weighted by Gasteiger charge is -2.38. The number of aromatic nitrogens is 3. The number of nitrogens with zero attached hydrogens (tertiary/aromatic N) is 3. The Balaban J connectivity index is 1.67. The molecule has 2 N–H and O–H groups in total. The van der Waals surface area contributed by atoms with Crippen LogP contribution in [0.15, 0.2) is 6.33 Å². The fourth-order valence-corrected chi connectivity index (χ4v) is 3.81. The predicted octanol–water partition coefficient (Wildman–Crippen LogP) is 2.77. The van der Waals surface area contributed by atoms with Crippen LogP contribution in [0.3, 0.4) is 0 Å². The van der Waals surface area contributed by atoms with Crippen LogP contribution in [0.1, 0.15) is 58.2 Å². The summed E-state index contributed by atoms with van der Waals surface area (Å²) < 4.78 is 2.06. The molecule has 4 nitrogen and oxygen atoms in total. The summed E-state index contributed by atoms with van der Waals surface area (Å²) in [6.07, 6.45) is 10.5. The smallest absolute Gasteiger partial charge is 0.138 e. The molecule has 0 aliphatic heterocycles. The molecule has 2 aliphatic rings. The van der Waals surface area contributed by atoms with Gasteiger partial charge < -0.3 is 5.73 Å². The lowest BCUT2D eigenvalue weighted by Crippen LogP contribution is -2.47. The molecule has 0 radical (unpaired) electrons. The Morgan fingerprint density at radius 1 is 1.35 bits per heavy atom. The van der Waals surface area contributed by atoms with Crippen molar-refractivity contribution in [2.24, 2.45) is 23.5 Å². The van der Waals surface area contributed by atoms with Crippen molar-refractivity contribution in [2.75, 3.05) is 0 Å². The van der Waals surface area contributed by atoms with Gasteiger partial charge in [-0.3, -0.25) is 0 Å². The monoisotopic (exact) mass is 276 g/mol. The van der Waals surface area contributed by atoms with Gasteiger partial charge in [-0.15, -0.1) is 0 Å². The van der Waals surface area contributed by atoms with E-state index < -0.39 is 0 Å². The standard InChI is InChI=1S/C16H28N4/c1-12(2)10-20-15(18-11-19-20)9-16(17)7-3-4-14(8-16)13-5-6-13/h11-14H,3-10,17H2,1-2H3. The van der Waals surface area contributed by atoms with Crippen molar-refractivity contribution in [3.8, 4) is 0 Å². The fraction of sp³-hybridized carbons (Fsp3) is 0.875. The van der Waals surface area contributed by atoms with Crippen LogP contribution in [-0.2, 0) is 13.0 Å². The van der Waals surface area contributed by atoms with E-state index in [1.54, 1.807) is 6.33 Å². The molecular weight excluding hydrogens is 248 g/mol. The Labute approximate surface area is 122 Å². The highest BCUT2D eigenvalue weighted by molar-refractivity contribution is 5.02. The second-order valence-corrected chi connectivity index (χ2v) is 7.49. The Bertz CT molecular complexity index is 449. The zero-order valence-corrected chi connectivity index (χ0v) is 12.9. The van der Waals surface area contributed by atoms with Crippen LogP contribution < -0.4 is 5.73 Å². The number of rotatable bonds is 5. The van der Waals surface area contributed by atoms with E-state index >= 15 is 0 Å². The quantitative estimate of drug-likeness (QED) is 0.899. The molecule has 2 unspecified atom stereocenters. The molecule has 0 aromatic carbocycles. The minimum atomic E-state index is -0.0483. The maximum absolute atomic E-state index is 6.72. The van der Waals surface area contributed by atoms with E-state index in [2.05, 4.69) is 28.6 Å². The van der Waals surface area contributed by atoms with Crippen LogP contribution >= 0.6 is 0 Å². The number of hydrogen-bond donors (Lipinski definition) is 1. The summed E-state index contributed by atoms with van der Waals surface area (Å²) in [5.74, 6) is 3.52. The van der Waals surface area contributed by atoms with Crippen molar-refractivity contribution in [1.82, 2.24) is 14.8 Å². The first kappa shape index (κ1) is 14.1. The maximum Gasteiger partial charge on any atom is 0.138 e. The molecule has 0 amide bonds. The van der Waals surface area contributed by atoms with Gasteiger partial charge in [-0.2, -0.15) is 5.10 Å². The Morgan fingerprint density at radius 2 is 2.15 bits per heavy atom. The zero-order chi connectivity index (χ0) is 14.2. The lowest BCUT2D eigenvalue weighted by molar-refractivity contribution is 0.200. The minimum absolute atomic E-state index is 0.0483. The third-order valence-electron chi connectivity index (χ3n) is 4.95. The normalized spacial score (nSPS) is 30.9. The molecule has 0 spiro atoms. The molecule has 20 heavy (non-hydrogen) atoms. The van der Waals surface area contributed by atoms with Gasteiger partial charge in [0.05, 0.1) is 0 Å². The van der Waals surface area contributed by atoms with Gasteiger partial charge in [0.2, 0.25) is 0 Å². The average Bonchev–Trinajstić information content (AvgIpc) is 3.14. The van der Waals surface area contributed by atoms with Crippen LogP contribution in [0.2, 0.25) is 0 Å². The maximum atomic E-state index is 6.72. The molecule has 1 aromatic heterocycles. The van der Waals surface area contributed by atoms with Crippen molar-refractivity contribution in [3.05, 3.63) is 12.2 Å². The summed E-state index contributed by atoms with van der Waals surface area (Å²) in [5, 5.41) is 4.37. The molecule has 2 fully saturated rings. The van der Waals surface area contributed by atoms with Crippen molar-refractivity contribution < 1.29 is 0 Å². The summed E-state index contributed by atoms with van der Waals surface area (Å²) in [4.78, 5) is 4.47. The van der Waals surface area contributed by atoms with Crippen LogP contribution in [0.4, 0.5) is 0 Å². The molecule has 2 atom stereocenters. The Kier molecular flexibility index (Phi) is 3.85. The van der Waals surface area contributed by atoms with E-state index in [-0.39, 0.29) is 5.54 Å². The van der Waals surface area contributed by atoms with E-state index in [1.165, 1.54) is 32.1 Å². The first-order valence-corrected chi connectivity index (χ1v) is 8.21. The minimum Gasteiger partial charge on any atom is -0.325 e. The molecule has 1 aromatic rings. The SMILES string of the molecule is CC(C)Cn1ncnc1CC1(N)CCCC(C2CC2)C1. The van der Waals surface area contributed by atoms with E-state index in [0.29, 0.717) is 5.92 Å². The fourth-order valence-electron chi connectivity index (χ4n) is 3.81. The summed E-state index contributed by atoms with van der Waals surface area (Å²) in [7, 11) is 0. The van der Waals surface area contributed by atoms with Gasteiger partial charge in [-0.05, 0) is 43.4 Å². The van der Waals surface area contributed by atoms with Gasteiger partial charge in [-0.1, -0.05) is 26.7 Å². The molecule has 112 valence electrons. The summed E-state index contributed by atoms with van der Waals surface area (Å²) in [5.41, 5.74) is 6.68. The van der Waals surface area contributed by atoms with E-state index in [4.69, 9.17) is 5.73 Å². The van der Waals surface area contributed by atoms with E-state index in [1.807, 2.05) is 0 Å². The van der Waals surface area contributed by atoms with Crippen molar-refractivity contribution >= 4 is 0 Å². The molecule has 4 heteroatoms. The second kappa shape index (κ2) is 5.47. The topological polar surface area (TPSA) is 56.7 Å². The molecule has 0 saturated heterocycles. The highest BCUT2D eigenvalue weighted by Crippen LogP contribution is 2.46. The van der Waals surface area contributed by atoms with E-state index in [0.717, 1.165) is 37.0 Å². The van der Waals surface area contributed by atoms with Crippen LogP contribution in [0.25, 0.3) is 0 Å². The molecule has 2 aliphatic carbocycles. The van der Waals surface area contributed by atoms with Crippen LogP contribution in [0.5, 0.6) is 0 Å². The number of hydrogen-bond acceptors (Lipinski definition) is 3. The second-order valence-electron chi connectivity index (χ2n) is 7.49. The third-order valence-corrected chi connectivity index (χ3v) is 4.95. The van der Waals surface area contributed by atoms with Crippen LogP contribution in [0, 0.1) is 17.8 Å². The summed E-state index contributed by atoms with van der Waals surface area (Å²) >= 11 is 0. The van der Waals surface area contributed by atoms with Gasteiger partial charge in [0, 0.05) is 18.5 Å². The first-order valence-electron chi connectivity index (χ1n) is 8.21. The average molecular weight is 276 g/mol. The van der Waals surface area contributed by atoms with Crippen molar-refractivity contribution in [3.63, 3.8) is 0 Å².